The Morgan fingerprint density at radius 2 is 1.74 bits per heavy atom. The number of nitrogens with one attached hydrogen (secondary N) is 1. The summed E-state index contributed by atoms with van der Waals surface area (Å²) in [5, 5.41) is 4.03. The Balaban J connectivity index is 1.40. The number of rotatable bonds is 9. The highest BCUT2D eigenvalue weighted by atomic mass is 35.5. The predicted molar refractivity (Wildman–Crippen MR) is 136 cm³/mol. The van der Waals surface area contributed by atoms with Gasteiger partial charge < -0.3 is 5.32 Å². The molecule has 2 aromatic rings. The summed E-state index contributed by atoms with van der Waals surface area (Å²) >= 11 is 6.07. The molecule has 0 radical (unpaired) electrons. The first kappa shape index (κ1) is 25.3. The summed E-state index contributed by atoms with van der Waals surface area (Å²) in [5.41, 5.74) is 1.60. The monoisotopic (exact) mass is 503 g/mol. The van der Waals surface area contributed by atoms with E-state index in [4.69, 9.17) is 11.6 Å². The predicted octanol–water partition coefficient (Wildman–Crippen LogP) is 4.37. The van der Waals surface area contributed by atoms with E-state index in [9.17, 15) is 13.2 Å². The third kappa shape index (κ3) is 6.07. The van der Waals surface area contributed by atoms with Crippen molar-refractivity contribution in [3.05, 3.63) is 64.7 Å². The van der Waals surface area contributed by atoms with Gasteiger partial charge in [0, 0.05) is 36.3 Å². The summed E-state index contributed by atoms with van der Waals surface area (Å²) in [6.45, 7) is 6.09. The summed E-state index contributed by atoms with van der Waals surface area (Å²) in [7, 11) is -3.58. The Morgan fingerprint density at radius 3 is 2.41 bits per heavy atom. The van der Waals surface area contributed by atoms with Gasteiger partial charge in [0.2, 0.25) is 10.0 Å². The molecule has 184 valence electrons. The molecule has 2 fully saturated rings. The highest BCUT2D eigenvalue weighted by Gasteiger charge is 2.28. The standard InChI is InChI=1S/C26H34ClN3O3S/c1-20-11-15-30(16-12-20)34(32,33)24-6-4-5-22(17-24)26(31)19-28-18-25(29-13-2-3-14-29)21-7-9-23(27)10-8-21/h4-10,17,20,25,28H,2-3,11-16,18-19H2,1H3. The van der Waals surface area contributed by atoms with Gasteiger partial charge in [-0.05, 0) is 74.5 Å². The van der Waals surface area contributed by atoms with Crippen LogP contribution in [0.25, 0.3) is 0 Å². The molecule has 2 aliphatic rings. The molecule has 6 nitrogen and oxygen atoms in total. The van der Waals surface area contributed by atoms with Gasteiger partial charge in [-0.25, -0.2) is 8.42 Å². The van der Waals surface area contributed by atoms with Crippen LogP contribution in [0.3, 0.4) is 0 Å². The first-order valence-electron chi connectivity index (χ1n) is 12.2. The van der Waals surface area contributed by atoms with Gasteiger partial charge in [0.15, 0.2) is 5.78 Å². The molecule has 2 aromatic carbocycles. The Labute approximate surface area is 208 Å². The lowest BCUT2D eigenvalue weighted by molar-refractivity contribution is 0.0987. The molecule has 1 N–H and O–H groups in total. The number of hydrogen-bond acceptors (Lipinski definition) is 5. The van der Waals surface area contributed by atoms with Crippen molar-refractivity contribution < 1.29 is 13.2 Å². The van der Waals surface area contributed by atoms with Crippen LogP contribution in [0.5, 0.6) is 0 Å². The molecule has 1 unspecified atom stereocenters. The third-order valence-electron chi connectivity index (χ3n) is 7.00. The number of nitrogens with zero attached hydrogens (tertiary/aromatic N) is 2. The van der Waals surface area contributed by atoms with Crippen molar-refractivity contribution in [1.29, 1.82) is 0 Å². The first-order valence-corrected chi connectivity index (χ1v) is 14.0. The Hall–Kier alpha value is -1.77. The maximum Gasteiger partial charge on any atom is 0.243 e. The van der Waals surface area contributed by atoms with Crippen LogP contribution in [0, 0.1) is 5.92 Å². The average Bonchev–Trinajstić information content (AvgIpc) is 3.37. The van der Waals surface area contributed by atoms with Gasteiger partial charge in [0.25, 0.3) is 0 Å². The van der Waals surface area contributed by atoms with Crippen molar-refractivity contribution in [1.82, 2.24) is 14.5 Å². The van der Waals surface area contributed by atoms with Gasteiger partial charge >= 0.3 is 0 Å². The molecule has 0 aliphatic carbocycles. The van der Waals surface area contributed by atoms with Crippen LogP contribution in [0.2, 0.25) is 5.02 Å². The highest BCUT2D eigenvalue weighted by Crippen LogP contribution is 2.26. The Kier molecular flexibility index (Phi) is 8.43. The number of benzene rings is 2. The lowest BCUT2D eigenvalue weighted by Crippen LogP contribution is -2.38. The fourth-order valence-electron chi connectivity index (χ4n) is 4.82. The largest absolute Gasteiger partial charge is 0.308 e. The quantitative estimate of drug-likeness (QED) is 0.514. The van der Waals surface area contributed by atoms with Crippen molar-refractivity contribution in [3.8, 4) is 0 Å². The number of Topliss-reactive ketones (excluding diaryl/α,β-unsaturated/α-hetero) is 1. The van der Waals surface area contributed by atoms with Gasteiger partial charge in [-0.1, -0.05) is 42.8 Å². The average molecular weight is 504 g/mol. The molecule has 2 heterocycles. The van der Waals surface area contributed by atoms with Crippen LogP contribution >= 0.6 is 11.6 Å². The van der Waals surface area contributed by atoms with Crippen molar-refractivity contribution in [2.75, 3.05) is 39.3 Å². The third-order valence-corrected chi connectivity index (χ3v) is 9.14. The second-order valence-corrected chi connectivity index (χ2v) is 11.9. The Bertz CT molecular complexity index is 1080. The molecule has 0 aromatic heterocycles. The maximum absolute atomic E-state index is 13.1. The van der Waals surface area contributed by atoms with E-state index in [1.807, 2.05) is 24.3 Å². The molecule has 0 amide bonds. The van der Waals surface area contributed by atoms with Crippen molar-refractivity contribution >= 4 is 27.4 Å². The number of likely N-dealkylation sites (tertiary alicyclic amines) is 1. The topological polar surface area (TPSA) is 69.7 Å². The van der Waals surface area contributed by atoms with Gasteiger partial charge in [0.1, 0.15) is 0 Å². The van der Waals surface area contributed by atoms with Gasteiger partial charge in [-0.2, -0.15) is 4.31 Å². The lowest BCUT2D eigenvalue weighted by atomic mass is 10.0. The molecule has 2 aliphatic heterocycles. The van der Waals surface area contributed by atoms with E-state index >= 15 is 0 Å². The number of ketones is 1. The number of halogens is 1. The van der Waals surface area contributed by atoms with E-state index in [2.05, 4.69) is 17.1 Å². The molecule has 4 rings (SSSR count). The fourth-order valence-corrected chi connectivity index (χ4v) is 6.47. The number of carbonyl (C=O) groups is 1. The molecular formula is C26H34ClN3O3S. The second-order valence-electron chi connectivity index (χ2n) is 9.48. The Morgan fingerprint density at radius 1 is 1.06 bits per heavy atom. The van der Waals surface area contributed by atoms with Crippen LogP contribution < -0.4 is 5.32 Å². The van der Waals surface area contributed by atoms with Crippen molar-refractivity contribution in [3.63, 3.8) is 0 Å². The molecule has 1 atom stereocenters. The second kappa shape index (κ2) is 11.3. The summed E-state index contributed by atoms with van der Waals surface area (Å²) < 4.78 is 27.7. The highest BCUT2D eigenvalue weighted by molar-refractivity contribution is 7.89. The normalized spacial score (nSPS) is 19.4. The fraction of sp³-hybridized carbons (Fsp3) is 0.500. The summed E-state index contributed by atoms with van der Waals surface area (Å²) in [5.74, 6) is 0.434. The van der Waals surface area contributed by atoms with Crippen molar-refractivity contribution in [2.45, 2.75) is 43.5 Å². The van der Waals surface area contributed by atoms with Crippen LogP contribution in [0.15, 0.2) is 53.4 Å². The molecule has 0 spiro atoms. The minimum absolute atomic E-state index is 0.111. The summed E-state index contributed by atoms with van der Waals surface area (Å²) in [6, 6.07) is 14.5. The van der Waals surface area contributed by atoms with E-state index in [0.29, 0.717) is 36.1 Å². The zero-order valence-electron chi connectivity index (χ0n) is 19.7. The minimum Gasteiger partial charge on any atom is -0.308 e. The van der Waals surface area contributed by atoms with E-state index in [1.165, 1.54) is 24.5 Å². The van der Waals surface area contributed by atoms with E-state index in [-0.39, 0.29) is 23.3 Å². The molecular weight excluding hydrogens is 470 g/mol. The molecule has 34 heavy (non-hydrogen) atoms. The van der Waals surface area contributed by atoms with Gasteiger partial charge in [-0.15, -0.1) is 0 Å². The van der Waals surface area contributed by atoms with Crippen LogP contribution in [-0.2, 0) is 10.0 Å². The molecule has 2 saturated heterocycles. The van der Waals surface area contributed by atoms with Crippen LogP contribution in [0.1, 0.15) is 54.6 Å². The molecule has 0 saturated carbocycles. The SMILES string of the molecule is CC1CCN(S(=O)(=O)c2cccc(C(=O)CNCC(c3ccc(Cl)cc3)N3CCCC3)c2)CC1. The number of sulfonamides is 1. The zero-order chi connectivity index (χ0) is 24.1. The number of piperidine rings is 1. The first-order chi connectivity index (χ1) is 16.3. The summed E-state index contributed by atoms with van der Waals surface area (Å²) in [4.78, 5) is 15.6. The zero-order valence-corrected chi connectivity index (χ0v) is 21.3. The van der Waals surface area contributed by atoms with E-state index in [0.717, 1.165) is 25.9 Å². The van der Waals surface area contributed by atoms with Crippen LogP contribution in [-0.4, -0.2) is 62.7 Å². The van der Waals surface area contributed by atoms with Crippen molar-refractivity contribution in [2.24, 2.45) is 5.92 Å². The summed E-state index contributed by atoms with van der Waals surface area (Å²) in [6.07, 6.45) is 4.10. The smallest absolute Gasteiger partial charge is 0.243 e. The van der Waals surface area contributed by atoms with E-state index < -0.39 is 10.0 Å². The van der Waals surface area contributed by atoms with E-state index in [1.54, 1.807) is 22.5 Å². The van der Waals surface area contributed by atoms with Gasteiger partial charge in [0.05, 0.1) is 11.4 Å². The molecule has 0 bridgehead atoms. The van der Waals surface area contributed by atoms with Gasteiger partial charge in [-0.3, -0.25) is 9.69 Å². The maximum atomic E-state index is 13.1. The number of hydrogen-bond donors (Lipinski definition) is 1. The number of carbonyl (C=O) groups excluding carboxylic acids is 1. The lowest BCUT2D eigenvalue weighted by Gasteiger charge is -2.29. The minimum atomic E-state index is -3.58. The molecule has 8 heteroatoms. The van der Waals surface area contributed by atoms with Crippen LogP contribution in [0.4, 0.5) is 0 Å².